The number of hydrogen-bond acceptors (Lipinski definition) is 9. The summed E-state index contributed by atoms with van der Waals surface area (Å²) < 4.78 is 57.7. The van der Waals surface area contributed by atoms with E-state index in [-0.39, 0.29) is 48.9 Å². The lowest BCUT2D eigenvalue weighted by Gasteiger charge is -2.14. The summed E-state index contributed by atoms with van der Waals surface area (Å²) in [6.45, 7) is 3.10. The van der Waals surface area contributed by atoms with Crippen molar-refractivity contribution in [3.63, 3.8) is 0 Å². The molecule has 4 aromatic rings. The van der Waals surface area contributed by atoms with E-state index in [2.05, 4.69) is 20.3 Å². The molecule has 2 aromatic carbocycles. The van der Waals surface area contributed by atoms with Crippen LogP contribution in [0.15, 0.2) is 53.7 Å². The van der Waals surface area contributed by atoms with Crippen LogP contribution in [0, 0.1) is 0 Å². The number of nitrogens with one attached hydrogen (secondary N) is 2. The molecule has 15 heteroatoms. The van der Waals surface area contributed by atoms with Crippen LogP contribution in [-0.4, -0.2) is 50.8 Å². The first kappa shape index (κ1) is 29.8. The molecule has 0 aliphatic rings. The van der Waals surface area contributed by atoms with Gasteiger partial charge in [-0.2, -0.15) is 13.2 Å². The number of aromatic amines is 1. The van der Waals surface area contributed by atoms with Crippen LogP contribution in [0.5, 0.6) is 0 Å². The highest BCUT2D eigenvalue weighted by Gasteiger charge is 2.35. The van der Waals surface area contributed by atoms with Crippen molar-refractivity contribution in [1.82, 2.24) is 19.5 Å². The zero-order valence-corrected chi connectivity index (χ0v) is 22.3. The van der Waals surface area contributed by atoms with Crippen molar-refractivity contribution in [2.24, 2.45) is 0 Å². The Hall–Kier alpha value is -5.21. The molecule has 0 radical (unpaired) electrons. The summed E-state index contributed by atoms with van der Waals surface area (Å²) in [5.41, 5.74) is -2.23. The van der Waals surface area contributed by atoms with E-state index in [1.54, 1.807) is 31.2 Å². The highest BCUT2D eigenvalue weighted by atomic mass is 19.4. The maximum absolute atomic E-state index is 13.9. The average molecular weight is 588 g/mol. The van der Waals surface area contributed by atoms with Crippen molar-refractivity contribution >= 4 is 34.8 Å². The third-order valence-electron chi connectivity index (χ3n) is 5.70. The molecular formula is C27H24F3N5O7. The topological polar surface area (TPSA) is 154 Å². The van der Waals surface area contributed by atoms with Gasteiger partial charge in [0.1, 0.15) is 6.61 Å². The van der Waals surface area contributed by atoms with Crippen LogP contribution in [0.1, 0.15) is 41.2 Å². The van der Waals surface area contributed by atoms with Gasteiger partial charge in [0.25, 0.3) is 5.56 Å². The standard InChI is InChI=1S/C27H24F3N5O7/c1-3-40-22(36)9-15-5-7-16(8-6-15)32-26(39)42-13-17-12-35(14-31-17)21-11-20-19(10-18(21)27(28,29)30)34-24(37)23(33-20)25(38)41-4-2/h5-8,10-12,14H,3-4,9,13H2,1-2H3,(H,32,39)(H,34,37). The van der Waals surface area contributed by atoms with Gasteiger partial charge in [-0.3, -0.25) is 14.9 Å². The number of anilines is 1. The molecule has 4 rings (SSSR count). The van der Waals surface area contributed by atoms with E-state index in [0.717, 1.165) is 17.0 Å². The molecule has 0 fully saturated rings. The number of hydrogen-bond donors (Lipinski definition) is 2. The maximum atomic E-state index is 13.9. The summed E-state index contributed by atoms with van der Waals surface area (Å²) in [6.07, 6.45) is -3.27. The third-order valence-corrected chi connectivity index (χ3v) is 5.70. The number of imidazole rings is 1. The minimum Gasteiger partial charge on any atom is -0.466 e. The summed E-state index contributed by atoms with van der Waals surface area (Å²) in [5, 5.41) is 2.50. The van der Waals surface area contributed by atoms with Gasteiger partial charge in [-0.1, -0.05) is 12.1 Å². The van der Waals surface area contributed by atoms with Gasteiger partial charge in [0, 0.05) is 11.9 Å². The summed E-state index contributed by atoms with van der Waals surface area (Å²) in [5.74, 6) is -1.40. The van der Waals surface area contributed by atoms with E-state index in [9.17, 15) is 32.3 Å². The van der Waals surface area contributed by atoms with Gasteiger partial charge in [0.15, 0.2) is 0 Å². The number of amides is 1. The number of carbonyl (C=O) groups is 3. The number of fused-ring (bicyclic) bond motifs is 1. The third kappa shape index (κ3) is 7.10. The van der Waals surface area contributed by atoms with Crippen molar-refractivity contribution in [3.8, 4) is 5.69 Å². The highest BCUT2D eigenvalue weighted by Crippen LogP contribution is 2.35. The number of aromatic nitrogens is 4. The number of halogens is 3. The van der Waals surface area contributed by atoms with Gasteiger partial charge in [-0.15, -0.1) is 0 Å². The molecule has 0 spiro atoms. The monoisotopic (exact) mass is 587 g/mol. The number of esters is 2. The number of alkyl halides is 3. The maximum Gasteiger partial charge on any atom is 0.418 e. The number of benzene rings is 2. The lowest BCUT2D eigenvalue weighted by molar-refractivity contribution is -0.142. The van der Waals surface area contributed by atoms with Gasteiger partial charge in [-0.25, -0.2) is 19.6 Å². The molecule has 1 amide bonds. The van der Waals surface area contributed by atoms with Crippen molar-refractivity contribution in [2.45, 2.75) is 33.1 Å². The molecule has 2 heterocycles. The minimum absolute atomic E-state index is 0.0302. The quantitative estimate of drug-likeness (QED) is 0.217. The fourth-order valence-electron chi connectivity index (χ4n) is 3.85. The molecule has 0 aliphatic carbocycles. The van der Waals surface area contributed by atoms with Gasteiger partial charge in [0.2, 0.25) is 5.69 Å². The smallest absolute Gasteiger partial charge is 0.418 e. The van der Waals surface area contributed by atoms with Gasteiger partial charge >= 0.3 is 24.2 Å². The largest absolute Gasteiger partial charge is 0.466 e. The Bertz CT molecular complexity index is 1680. The second kappa shape index (κ2) is 12.5. The zero-order valence-electron chi connectivity index (χ0n) is 22.3. The van der Waals surface area contributed by atoms with Crippen molar-refractivity contribution in [3.05, 3.63) is 81.8 Å². The first-order chi connectivity index (χ1) is 20.0. The molecule has 0 atom stereocenters. The van der Waals surface area contributed by atoms with Crippen LogP contribution in [0.4, 0.5) is 23.7 Å². The molecule has 42 heavy (non-hydrogen) atoms. The Morgan fingerprint density at radius 3 is 2.40 bits per heavy atom. The lowest BCUT2D eigenvalue weighted by atomic mass is 10.1. The van der Waals surface area contributed by atoms with Gasteiger partial charge in [-0.05, 0) is 43.7 Å². The molecule has 0 saturated heterocycles. The Balaban J connectivity index is 1.50. The number of carbonyl (C=O) groups excluding carboxylic acids is 3. The molecular weight excluding hydrogens is 563 g/mol. The van der Waals surface area contributed by atoms with E-state index in [1.165, 1.54) is 13.1 Å². The molecule has 2 N–H and O–H groups in total. The SMILES string of the molecule is CCOC(=O)Cc1ccc(NC(=O)OCc2cn(-c3cc4nc(C(=O)OCC)c(=O)[nH]c4cc3C(F)(F)F)cn2)cc1. The number of ether oxygens (including phenoxy) is 3. The highest BCUT2D eigenvalue weighted by molar-refractivity contribution is 5.90. The number of nitrogens with zero attached hydrogens (tertiary/aromatic N) is 3. The van der Waals surface area contributed by atoms with Crippen LogP contribution < -0.4 is 10.9 Å². The van der Waals surface area contributed by atoms with Crippen LogP contribution in [0.2, 0.25) is 0 Å². The molecule has 220 valence electrons. The van der Waals surface area contributed by atoms with Crippen LogP contribution in [-0.2, 0) is 38.2 Å². The van der Waals surface area contributed by atoms with Gasteiger partial charge < -0.3 is 23.8 Å². The van der Waals surface area contributed by atoms with Crippen molar-refractivity contribution in [1.29, 1.82) is 0 Å². The van der Waals surface area contributed by atoms with E-state index in [1.807, 2.05) is 0 Å². The van der Waals surface area contributed by atoms with E-state index < -0.39 is 40.7 Å². The van der Waals surface area contributed by atoms with Crippen molar-refractivity contribution in [2.75, 3.05) is 18.5 Å². The summed E-state index contributed by atoms with van der Waals surface area (Å²) in [7, 11) is 0. The van der Waals surface area contributed by atoms with E-state index in [0.29, 0.717) is 17.3 Å². The summed E-state index contributed by atoms with van der Waals surface area (Å²) >= 11 is 0. The second-order valence-electron chi connectivity index (χ2n) is 8.67. The Kier molecular flexibility index (Phi) is 8.88. The lowest BCUT2D eigenvalue weighted by Crippen LogP contribution is -2.22. The second-order valence-corrected chi connectivity index (χ2v) is 8.67. The fourth-order valence-corrected chi connectivity index (χ4v) is 3.85. The van der Waals surface area contributed by atoms with Crippen LogP contribution in [0.25, 0.3) is 16.7 Å². The first-order valence-corrected chi connectivity index (χ1v) is 12.5. The number of rotatable bonds is 9. The van der Waals surface area contributed by atoms with Crippen LogP contribution >= 0.6 is 0 Å². The first-order valence-electron chi connectivity index (χ1n) is 12.5. The predicted octanol–water partition coefficient (Wildman–Crippen LogP) is 4.16. The fraction of sp³-hybridized carbons (Fsp3) is 0.259. The summed E-state index contributed by atoms with van der Waals surface area (Å²) in [6, 6.07) is 8.15. The van der Waals surface area contributed by atoms with Crippen LogP contribution in [0.3, 0.4) is 0 Å². The Labute approximate surface area is 235 Å². The molecule has 0 aliphatic heterocycles. The van der Waals surface area contributed by atoms with E-state index >= 15 is 0 Å². The minimum atomic E-state index is -4.83. The molecule has 0 saturated carbocycles. The van der Waals surface area contributed by atoms with Gasteiger partial charge in [0.05, 0.1) is 53.9 Å². The average Bonchev–Trinajstić information content (AvgIpc) is 3.41. The van der Waals surface area contributed by atoms with Crippen molar-refractivity contribution < 1.29 is 41.8 Å². The molecule has 0 bridgehead atoms. The Morgan fingerprint density at radius 1 is 1.02 bits per heavy atom. The predicted molar refractivity (Wildman–Crippen MR) is 141 cm³/mol. The van der Waals surface area contributed by atoms with E-state index in [4.69, 9.17) is 14.2 Å². The normalized spacial score (nSPS) is 11.3. The number of H-pyrrole nitrogens is 1. The molecule has 12 nitrogen and oxygen atoms in total. The Morgan fingerprint density at radius 2 is 1.74 bits per heavy atom. The zero-order chi connectivity index (χ0) is 30.4. The molecule has 0 unspecified atom stereocenters. The molecule has 2 aromatic heterocycles. The summed E-state index contributed by atoms with van der Waals surface area (Å²) in [4.78, 5) is 58.2.